The molecule has 1 N–H and O–H groups in total. The average molecular weight is 425 g/mol. The van der Waals surface area contributed by atoms with Crippen LogP contribution < -0.4 is 0 Å². The summed E-state index contributed by atoms with van der Waals surface area (Å²) < 4.78 is 2.58. The molecule has 0 bridgehead atoms. The number of hydrogen-bond acceptors (Lipinski definition) is 4. The second-order valence-corrected chi connectivity index (χ2v) is 6.38. The number of halogens is 2. The molecular formula is C15H11Br2N3O2. The summed E-state index contributed by atoms with van der Waals surface area (Å²) in [5.74, 6) is -0.106. The predicted octanol–water partition coefficient (Wildman–Crippen LogP) is 3.91. The van der Waals surface area contributed by atoms with Crippen molar-refractivity contribution in [1.82, 2.24) is 14.8 Å². The number of ketones is 1. The van der Waals surface area contributed by atoms with Gasteiger partial charge in [-0.05, 0) is 57.0 Å². The second kappa shape index (κ2) is 5.81. The van der Waals surface area contributed by atoms with Gasteiger partial charge in [0.05, 0.1) is 14.5 Å². The smallest absolute Gasteiger partial charge is 0.211 e. The molecule has 0 aliphatic rings. The molecule has 0 spiro atoms. The molecule has 2 heterocycles. The van der Waals surface area contributed by atoms with Gasteiger partial charge in [-0.1, -0.05) is 0 Å². The average Bonchev–Trinajstić information content (AvgIpc) is 2.89. The molecule has 0 saturated heterocycles. The minimum absolute atomic E-state index is 0.0621. The van der Waals surface area contributed by atoms with Crippen LogP contribution in [0, 0.1) is 0 Å². The van der Waals surface area contributed by atoms with Gasteiger partial charge < -0.3 is 5.11 Å². The minimum Gasteiger partial charge on any atom is -0.506 e. The zero-order valence-corrected chi connectivity index (χ0v) is 14.7. The highest BCUT2D eigenvalue weighted by atomic mass is 79.9. The molecule has 0 unspecified atom stereocenters. The summed E-state index contributed by atoms with van der Waals surface area (Å²) in [6, 6.07) is 4.97. The number of aromatic nitrogens is 3. The molecule has 0 fully saturated rings. The Kier molecular flexibility index (Phi) is 4.01. The molecular weight excluding hydrogens is 414 g/mol. The maximum atomic E-state index is 12.9. The van der Waals surface area contributed by atoms with Crippen molar-refractivity contribution in [1.29, 1.82) is 0 Å². The summed E-state index contributed by atoms with van der Waals surface area (Å²) in [6.45, 7) is 2.51. The van der Waals surface area contributed by atoms with E-state index < -0.39 is 0 Å². The Bertz CT molecular complexity index is 867. The Morgan fingerprint density at radius 2 is 2.00 bits per heavy atom. The summed E-state index contributed by atoms with van der Waals surface area (Å²) in [5.41, 5.74) is 1.68. The number of carbonyl (C=O) groups is 1. The first kappa shape index (κ1) is 15.2. The number of hydrogen-bond donors (Lipinski definition) is 1. The van der Waals surface area contributed by atoms with Crippen LogP contribution >= 0.6 is 31.9 Å². The monoisotopic (exact) mass is 423 g/mol. The molecule has 0 radical (unpaired) electrons. The number of aromatic hydroxyl groups is 1. The molecule has 1 aromatic carbocycles. The maximum Gasteiger partial charge on any atom is 0.211 e. The third kappa shape index (κ3) is 2.44. The van der Waals surface area contributed by atoms with Gasteiger partial charge in [0.15, 0.2) is 0 Å². The van der Waals surface area contributed by atoms with Crippen molar-refractivity contribution >= 4 is 48.5 Å². The molecule has 2 aromatic heterocycles. The molecule has 0 amide bonds. The number of rotatable bonds is 3. The first-order chi connectivity index (χ1) is 10.5. The summed E-state index contributed by atoms with van der Waals surface area (Å²) in [7, 11) is 0. The van der Waals surface area contributed by atoms with E-state index in [1.807, 2.05) is 6.92 Å². The largest absolute Gasteiger partial charge is 0.506 e. The van der Waals surface area contributed by atoms with Gasteiger partial charge in [0, 0.05) is 29.9 Å². The van der Waals surface area contributed by atoms with E-state index in [-0.39, 0.29) is 11.5 Å². The highest BCUT2D eigenvalue weighted by Gasteiger charge is 2.21. The van der Waals surface area contributed by atoms with E-state index in [1.54, 1.807) is 35.3 Å². The molecule has 22 heavy (non-hydrogen) atoms. The fraction of sp³-hybridized carbons (Fsp3) is 0.133. The molecule has 0 aliphatic heterocycles. The summed E-state index contributed by atoms with van der Waals surface area (Å²) in [4.78, 5) is 17.0. The zero-order valence-electron chi connectivity index (χ0n) is 11.5. The SMILES string of the molecule is CCn1nc2ccncc2c1C(=O)c1cc(Br)c(O)c(Br)c1. The van der Waals surface area contributed by atoms with Gasteiger partial charge in [0.25, 0.3) is 0 Å². The number of fused-ring (bicyclic) bond motifs is 1. The van der Waals surface area contributed by atoms with Crippen molar-refractivity contribution in [2.24, 2.45) is 0 Å². The van der Waals surface area contributed by atoms with Crippen LogP contribution in [0.1, 0.15) is 23.0 Å². The number of phenolic OH excluding ortho intramolecular Hbond substituents is 1. The van der Waals surface area contributed by atoms with E-state index in [4.69, 9.17) is 0 Å². The van der Waals surface area contributed by atoms with Crippen molar-refractivity contribution in [3.8, 4) is 5.75 Å². The van der Waals surface area contributed by atoms with Crippen molar-refractivity contribution in [2.45, 2.75) is 13.5 Å². The number of carbonyl (C=O) groups excluding carboxylic acids is 1. The van der Waals surface area contributed by atoms with E-state index in [0.29, 0.717) is 26.7 Å². The van der Waals surface area contributed by atoms with Gasteiger partial charge in [-0.25, -0.2) is 0 Å². The Balaban J connectivity index is 2.21. The van der Waals surface area contributed by atoms with Crippen LogP contribution in [0.4, 0.5) is 0 Å². The maximum absolute atomic E-state index is 12.9. The van der Waals surface area contributed by atoms with Crippen LogP contribution in [0.3, 0.4) is 0 Å². The van der Waals surface area contributed by atoms with Crippen LogP contribution in [-0.4, -0.2) is 25.7 Å². The van der Waals surface area contributed by atoms with Gasteiger partial charge in [0.2, 0.25) is 5.78 Å². The Labute approximate surface area is 143 Å². The number of benzene rings is 1. The lowest BCUT2D eigenvalue weighted by molar-refractivity contribution is 0.103. The minimum atomic E-state index is -0.168. The Morgan fingerprint density at radius 3 is 2.64 bits per heavy atom. The van der Waals surface area contributed by atoms with E-state index in [2.05, 4.69) is 41.9 Å². The van der Waals surface area contributed by atoms with E-state index >= 15 is 0 Å². The van der Waals surface area contributed by atoms with Crippen LogP contribution in [0.2, 0.25) is 0 Å². The van der Waals surface area contributed by atoms with Crippen molar-refractivity contribution in [2.75, 3.05) is 0 Å². The lowest BCUT2D eigenvalue weighted by Crippen LogP contribution is -2.11. The summed E-state index contributed by atoms with van der Waals surface area (Å²) in [5, 5.41) is 14.9. The van der Waals surface area contributed by atoms with Crippen LogP contribution in [-0.2, 0) is 6.54 Å². The topological polar surface area (TPSA) is 68.0 Å². The van der Waals surface area contributed by atoms with Gasteiger partial charge in [-0.2, -0.15) is 5.10 Å². The highest BCUT2D eigenvalue weighted by molar-refractivity contribution is 9.11. The zero-order chi connectivity index (χ0) is 15.9. The molecule has 3 aromatic rings. The molecule has 0 atom stereocenters. The molecule has 3 rings (SSSR count). The van der Waals surface area contributed by atoms with Crippen LogP contribution in [0.15, 0.2) is 39.5 Å². The lowest BCUT2D eigenvalue weighted by atomic mass is 10.1. The van der Waals surface area contributed by atoms with E-state index in [9.17, 15) is 9.90 Å². The summed E-state index contributed by atoms with van der Waals surface area (Å²) in [6.07, 6.45) is 3.30. The number of phenols is 1. The van der Waals surface area contributed by atoms with Crippen molar-refractivity contribution in [3.63, 3.8) is 0 Å². The second-order valence-electron chi connectivity index (χ2n) is 4.67. The van der Waals surface area contributed by atoms with E-state index in [0.717, 1.165) is 10.9 Å². The third-order valence-corrected chi connectivity index (χ3v) is 4.54. The Morgan fingerprint density at radius 1 is 1.32 bits per heavy atom. The van der Waals surface area contributed by atoms with Gasteiger partial charge >= 0.3 is 0 Å². The van der Waals surface area contributed by atoms with Gasteiger partial charge in [0.1, 0.15) is 11.4 Å². The first-order valence-corrected chi connectivity index (χ1v) is 8.14. The number of pyridine rings is 1. The molecule has 5 nitrogen and oxygen atoms in total. The third-order valence-electron chi connectivity index (χ3n) is 3.33. The molecule has 7 heteroatoms. The molecule has 0 saturated carbocycles. The number of aryl methyl sites for hydroxylation is 1. The van der Waals surface area contributed by atoms with Crippen molar-refractivity contribution < 1.29 is 9.90 Å². The molecule has 0 aliphatic carbocycles. The standard InChI is InChI=1S/C15H11Br2N3O2/c1-2-20-13(9-7-18-4-3-12(9)19-20)14(21)8-5-10(16)15(22)11(17)6-8/h3-7,22H,2H2,1H3. The fourth-order valence-corrected chi connectivity index (χ4v) is 3.46. The first-order valence-electron chi connectivity index (χ1n) is 6.56. The number of nitrogens with zero attached hydrogens (tertiary/aromatic N) is 3. The Hall–Kier alpha value is -1.73. The lowest BCUT2D eigenvalue weighted by Gasteiger charge is -2.07. The summed E-state index contributed by atoms with van der Waals surface area (Å²) >= 11 is 6.49. The predicted molar refractivity (Wildman–Crippen MR) is 90.1 cm³/mol. The normalized spacial score (nSPS) is 11.0. The quantitative estimate of drug-likeness (QED) is 0.647. The van der Waals surface area contributed by atoms with Crippen molar-refractivity contribution in [3.05, 3.63) is 50.8 Å². The van der Waals surface area contributed by atoms with Crippen LogP contribution in [0.25, 0.3) is 10.9 Å². The van der Waals surface area contributed by atoms with Crippen LogP contribution in [0.5, 0.6) is 5.75 Å². The molecule has 112 valence electrons. The fourth-order valence-electron chi connectivity index (χ4n) is 2.28. The van der Waals surface area contributed by atoms with Gasteiger partial charge in [-0.3, -0.25) is 14.5 Å². The van der Waals surface area contributed by atoms with Gasteiger partial charge in [-0.15, -0.1) is 0 Å². The highest BCUT2D eigenvalue weighted by Crippen LogP contribution is 2.34. The van der Waals surface area contributed by atoms with E-state index in [1.165, 1.54) is 0 Å².